The van der Waals surface area contributed by atoms with E-state index in [-0.39, 0.29) is 13.1 Å². The number of likely N-dealkylation sites (N-methyl/N-ethyl adjacent to an activating group) is 1. The van der Waals surface area contributed by atoms with Gasteiger partial charge in [0.2, 0.25) is 0 Å². The Labute approximate surface area is 110 Å². The molecule has 6 heteroatoms. The summed E-state index contributed by atoms with van der Waals surface area (Å²) in [7, 11) is 1.49. The molecule has 0 heterocycles. The van der Waals surface area contributed by atoms with E-state index in [9.17, 15) is 18.3 Å². The Balaban J connectivity index is 2.68. The van der Waals surface area contributed by atoms with Gasteiger partial charge in [0, 0.05) is 6.54 Å². The Bertz CT molecular complexity index is 396. The third kappa shape index (κ3) is 5.48. The molecule has 19 heavy (non-hydrogen) atoms. The standard InChI is InChI=1S/C13H18F3NO2/c1-3-17(9-13(14,15)16)8-12(18)10-5-4-6-11(7-10)19-2/h4-7,12,18H,3,8-9H2,1-2H3. The molecule has 1 rings (SSSR count). The second-order valence-corrected chi connectivity index (χ2v) is 4.24. The fourth-order valence-corrected chi connectivity index (χ4v) is 1.76. The lowest BCUT2D eigenvalue weighted by Crippen LogP contribution is -2.36. The normalized spacial score (nSPS) is 13.6. The van der Waals surface area contributed by atoms with Crippen molar-refractivity contribution in [2.45, 2.75) is 19.2 Å². The molecule has 1 aromatic rings. The van der Waals surface area contributed by atoms with Crippen LogP contribution in [-0.4, -0.2) is 42.9 Å². The number of alkyl halides is 3. The summed E-state index contributed by atoms with van der Waals surface area (Å²) < 4.78 is 42.0. The van der Waals surface area contributed by atoms with Crippen LogP contribution in [0.15, 0.2) is 24.3 Å². The molecule has 1 N–H and O–H groups in total. The first-order chi connectivity index (χ1) is 8.85. The van der Waals surface area contributed by atoms with Crippen molar-refractivity contribution in [2.75, 3.05) is 26.7 Å². The highest BCUT2D eigenvalue weighted by atomic mass is 19.4. The second-order valence-electron chi connectivity index (χ2n) is 4.24. The molecular formula is C13H18F3NO2. The van der Waals surface area contributed by atoms with Crippen molar-refractivity contribution in [2.24, 2.45) is 0 Å². The van der Waals surface area contributed by atoms with E-state index in [4.69, 9.17) is 4.74 Å². The summed E-state index contributed by atoms with van der Waals surface area (Å²) in [5.74, 6) is 0.565. The third-order valence-electron chi connectivity index (χ3n) is 2.76. The highest BCUT2D eigenvalue weighted by Gasteiger charge is 2.30. The first-order valence-corrected chi connectivity index (χ1v) is 5.97. The number of hydrogen-bond donors (Lipinski definition) is 1. The van der Waals surface area contributed by atoms with Crippen LogP contribution in [-0.2, 0) is 0 Å². The molecule has 108 valence electrons. The molecule has 1 aromatic carbocycles. The van der Waals surface area contributed by atoms with Gasteiger partial charge in [0.15, 0.2) is 0 Å². The first kappa shape index (κ1) is 15.8. The van der Waals surface area contributed by atoms with Gasteiger partial charge in [-0.2, -0.15) is 13.2 Å². The van der Waals surface area contributed by atoms with E-state index < -0.39 is 18.8 Å². The van der Waals surface area contributed by atoms with Crippen molar-refractivity contribution in [1.29, 1.82) is 0 Å². The lowest BCUT2D eigenvalue weighted by Gasteiger charge is -2.24. The van der Waals surface area contributed by atoms with E-state index in [0.29, 0.717) is 11.3 Å². The second kappa shape index (κ2) is 6.77. The predicted octanol–water partition coefficient (Wildman–Crippen LogP) is 2.61. The molecule has 0 amide bonds. The van der Waals surface area contributed by atoms with Crippen LogP contribution in [0.3, 0.4) is 0 Å². The van der Waals surface area contributed by atoms with Crippen LogP contribution in [0.1, 0.15) is 18.6 Å². The van der Waals surface area contributed by atoms with Crippen molar-refractivity contribution in [3.8, 4) is 5.75 Å². The van der Waals surface area contributed by atoms with Gasteiger partial charge in [-0.15, -0.1) is 0 Å². The molecule has 0 spiro atoms. The van der Waals surface area contributed by atoms with Crippen LogP contribution in [0.4, 0.5) is 13.2 Å². The average Bonchev–Trinajstić information content (AvgIpc) is 2.36. The van der Waals surface area contributed by atoms with Gasteiger partial charge in [0.1, 0.15) is 5.75 Å². The molecular weight excluding hydrogens is 259 g/mol. The number of nitrogens with zero attached hydrogens (tertiary/aromatic N) is 1. The SMILES string of the molecule is CCN(CC(O)c1cccc(OC)c1)CC(F)(F)F. The number of hydrogen-bond acceptors (Lipinski definition) is 3. The minimum absolute atomic E-state index is 0.0663. The highest BCUT2D eigenvalue weighted by Crippen LogP contribution is 2.22. The Kier molecular flexibility index (Phi) is 5.62. The van der Waals surface area contributed by atoms with E-state index in [0.717, 1.165) is 4.90 Å². The van der Waals surface area contributed by atoms with Crippen LogP contribution in [0, 0.1) is 0 Å². The maximum absolute atomic E-state index is 12.3. The molecule has 0 bridgehead atoms. The average molecular weight is 277 g/mol. The number of benzene rings is 1. The Morgan fingerprint density at radius 1 is 1.37 bits per heavy atom. The summed E-state index contributed by atoms with van der Waals surface area (Å²) in [6.45, 7) is 0.762. The molecule has 0 aliphatic rings. The van der Waals surface area contributed by atoms with Gasteiger partial charge >= 0.3 is 6.18 Å². The smallest absolute Gasteiger partial charge is 0.401 e. The number of halogens is 3. The third-order valence-corrected chi connectivity index (χ3v) is 2.76. The Hall–Kier alpha value is -1.27. The summed E-state index contributed by atoms with van der Waals surface area (Å²) in [5, 5.41) is 9.97. The van der Waals surface area contributed by atoms with Crippen molar-refractivity contribution in [3.05, 3.63) is 29.8 Å². The minimum Gasteiger partial charge on any atom is -0.497 e. The zero-order valence-electron chi connectivity index (χ0n) is 10.9. The van der Waals surface area contributed by atoms with Crippen LogP contribution < -0.4 is 4.74 Å². The van der Waals surface area contributed by atoms with Gasteiger partial charge in [-0.05, 0) is 24.2 Å². The van der Waals surface area contributed by atoms with E-state index in [2.05, 4.69) is 0 Å². The molecule has 0 aliphatic heterocycles. The molecule has 1 atom stereocenters. The number of ether oxygens (including phenoxy) is 1. The van der Waals surface area contributed by atoms with Crippen molar-refractivity contribution < 1.29 is 23.0 Å². The summed E-state index contributed by atoms with van der Waals surface area (Å²) in [6.07, 6.45) is -5.23. The first-order valence-electron chi connectivity index (χ1n) is 5.97. The van der Waals surface area contributed by atoms with E-state index in [1.165, 1.54) is 7.11 Å². The van der Waals surface area contributed by atoms with E-state index >= 15 is 0 Å². The fourth-order valence-electron chi connectivity index (χ4n) is 1.76. The molecule has 0 saturated heterocycles. The van der Waals surface area contributed by atoms with Gasteiger partial charge in [-0.1, -0.05) is 19.1 Å². The number of methoxy groups -OCH3 is 1. The van der Waals surface area contributed by atoms with Crippen molar-refractivity contribution in [1.82, 2.24) is 4.90 Å². The van der Waals surface area contributed by atoms with Crippen LogP contribution in [0.5, 0.6) is 5.75 Å². The zero-order valence-corrected chi connectivity index (χ0v) is 10.9. The molecule has 0 aliphatic carbocycles. The summed E-state index contributed by atoms with van der Waals surface area (Å²) in [5.41, 5.74) is 0.542. The molecule has 0 fully saturated rings. The maximum Gasteiger partial charge on any atom is 0.401 e. The lowest BCUT2D eigenvalue weighted by atomic mass is 10.1. The Morgan fingerprint density at radius 2 is 2.05 bits per heavy atom. The van der Waals surface area contributed by atoms with E-state index in [1.807, 2.05) is 0 Å². The Morgan fingerprint density at radius 3 is 2.58 bits per heavy atom. The quantitative estimate of drug-likeness (QED) is 0.867. The van der Waals surface area contributed by atoms with Gasteiger partial charge in [-0.3, -0.25) is 4.90 Å². The molecule has 1 unspecified atom stereocenters. The van der Waals surface area contributed by atoms with Crippen LogP contribution in [0.2, 0.25) is 0 Å². The number of aliphatic hydroxyl groups excluding tert-OH is 1. The van der Waals surface area contributed by atoms with Crippen molar-refractivity contribution >= 4 is 0 Å². The van der Waals surface area contributed by atoms with Crippen LogP contribution >= 0.6 is 0 Å². The minimum atomic E-state index is -4.26. The van der Waals surface area contributed by atoms with Gasteiger partial charge in [0.05, 0.1) is 19.8 Å². The molecule has 0 aromatic heterocycles. The summed E-state index contributed by atoms with van der Waals surface area (Å²) in [4.78, 5) is 1.16. The number of aliphatic hydroxyl groups is 1. The molecule has 0 saturated carbocycles. The van der Waals surface area contributed by atoms with Gasteiger partial charge < -0.3 is 9.84 Å². The van der Waals surface area contributed by atoms with E-state index in [1.54, 1.807) is 31.2 Å². The highest BCUT2D eigenvalue weighted by molar-refractivity contribution is 5.29. The topological polar surface area (TPSA) is 32.7 Å². The van der Waals surface area contributed by atoms with Gasteiger partial charge in [-0.25, -0.2) is 0 Å². The fraction of sp³-hybridized carbons (Fsp3) is 0.538. The maximum atomic E-state index is 12.3. The monoisotopic (exact) mass is 277 g/mol. The molecule has 3 nitrogen and oxygen atoms in total. The molecule has 0 radical (unpaired) electrons. The van der Waals surface area contributed by atoms with Gasteiger partial charge in [0.25, 0.3) is 0 Å². The lowest BCUT2D eigenvalue weighted by molar-refractivity contribution is -0.148. The summed E-state index contributed by atoms with van der Waals surface area (Å²) in [6, 6.07) is 6.68. The number of rotatable bonds is 6. The summed E-state index contributed by atoms with van der Waals surface area (Å²) >= 11 is 0. The predicted molar refractivity (Wildman–Crippen MR) is 66.1 cm³/mol. The van der Waals surface area contributed by atoms with Crippen molar-refractivity contribution in [3.63, 3.8) is 0 Å². The largest absolute Gasteiger partial charge is 0.497 e. The zero-order chi connectivity index (χ0) is 14.5. The van der Waals surface area contributed by atoms with Crippen LogP contribution in [0.25, 0.3) is 0 Å².